The number of nitrogen functional groups attached to an aromatic ring is 1. The number of benzene rings is 1. The fourth-order valence-corrected chi connectivity index (χ4v) is 1.82. The van der Waals surface area contributed by atoms with Crippen molar-refractivity contribution in [1.82, 2.24) is 5.43 Å². The molecule has 6 nitrogen and oxygen atoms in total. The van der Waals surface area contributed by atoms with Crippen LogP contribution in [0.2, 0.25) is 0 Å². The standard InChI is InChI=1S/C10H13BN2O4/c1-6-7(10(14)13-12)2-3-8-9(6)16-4-5-17-11(8)15/h2-3,15H,4-5,12H2,1H3,(H,13,14). The zero-order valence-electron chi connectivity index (χ0n) is 9.40. The molecule has 7 heteroatoms. The highest BCUT2D eigenvalue weighted by molar-refractivity contribution is 6.61. The Morgan fingerprint density at radius 3 is 3.00 bits per heavy atom. The highest BCUT2D eigenvalue weighted by Crippen LogP contribution is 2.21. The molecule has 1 amide bonds. The first-order chi connectivity index (χ1) is 8.15. The fraction of sp³-hybridized carbons (Fsp3) is 0.300. The summed E-state index contributed by atoms with van der Waals surface area (Å²) in [5, 5.41) is 9.73. The van der Waals surface area contributed by atoms with Crippen LogP contribution in [0.25, 0.3) is 0 Å². The Labute approximate surface area is 98.8 Å². The molecule has 2 rings (SSSR count). The van der Waals surface area contributed by atoms with Crippen LogP contribution >= 0.6 is 0 Å². The molecule has 0 saturated heterocycles. The summed E-state index contributed by atoms with van der Waals surface area (Å²) in [7, 11) is -1.03. The van der Waals surface area contributed by atoms with Gasteiger partial charge in [0.05, 0.1) is 6.61 Å². The van der Waals surface area contributed by atoms with Crippen molar-refractivity contribution in [3.05, 3.63) is 23.3 Å². The van der Waals surface area contributed by atoms with E-state index in [0.717, 1.165) is 0 Å². The molecule has 1 heterocycles. The molecule has 0 atom stereocenters. The van der Waals surface area contributed by atoms with Gasteiger partial charge in [-0.05, 0) is 13.0 Å². The minimum absolute atomic E-state index is 0.299. The van der Waals surface area contributed by atoms with Gasteiger partial charge in [-0.1, -0.05) is 6.07 Å². The summed E-state index contributed by atoms with van der Waals surface area (Å²) in [5.41, 5.74) is 3.64. The molecule has 4 N–H and O–H groups in total. The maximum absolute atomic E-state index is 11.5. The molecule has 90 valence electrons. The van der Waals surface area contributed by atoms with Crippen LogP contribution in [-0.2, 0) is 4.65 Å². The zero-order valence-corrected chi connectivity index (χ0v) is 9.40. The molecule has 17 heavy (non-hydrogen) atoms. The number of ether oxygens (including phenoxy) is 1. The van der Waals surface area contributed by atoms with E-state index in [1.807, 2.05) is 0 Å². The van der Waals surface area contributed by atoms with Crippen molar-refractivity contribution in [2.75, 3.05) is 13.2 Å². The number of fused-ring (bicyclic) bond motifs is 1. The predicted molar refractivity (Wildman–Crippen MR) is 61.9 cm³/mol. The van der Waals surface area contributed by atoms with Gasteiger partial charge in [-0.3, -0.25) is 10.2 Å². The first-order valence-corrected chi connectivity index (χ1v) is 5.22. The Balaban J connectivity index is 2.50. The van der Waals surface area contributed by atoms with Gasteiger partial charge >= 0.3 is 7.12 Å². The van der Waals surface area contributed by atoms with Crippen LogP contribution in [0.3, 0.4) is 0 Å². The lowest BCUT2D eigenvalue weighted by Crippen LogP contribution is -2.35. The second kappa shape index (κ2) is 4.74. The van der Waals surface area contributed by atoms with Gasteiger partial charge < -0.3 is 14.4 Å². The van der Waals surface area contributed by atoms with Crippen LogP contribution in [0, 0.1) is 6.92 Å². The van der Waals surface area contributed by atoms with E-state index in [2.05, 4.69) is 5.43 Å². The SMILES string of the molecule is Cc1c(C(=O)NN)ccc2c1OCCOB2O. The van der Waals surface area contributed by atoms with E-state index in [9.17, 15) is 9.82 Å². The molecular weight excluding hydrogens is 223 g/mol. The van der Waals surface area contributed by atoms with Crippen molar-refractivity contribution < 1.29 is 19.2 Å². The summed E-state index contributed by atoms with van der Waals surface area (Å²) in [6, 6.07) is 3.18. The minimum Gasteiger partial charge on any atom is -0.491 e. The van der Waals surface area contributed by atoms with Gasteiger partial charge in [0.1, 0.15) is 12.4 Å². The van der Waals surface area contributed by atoms with Crippen LogP contribution < -0.4 is 21.5 Å². The van der Waals surface area contributed by atoms with E-state index in [1.54, 1.807) is 19.1 Å². The number of nitrogens with one attached hydrogen (secondary N) is 1. The third-order valence-electron chi connectivity index (χ3n) is 2.68. The van der Waals surface area contributed by atoms with Gasteiger partial charge in [0.25, 0.3) is 5.91 Å². The third kappa shape index (κ3) is 2.12. The predicted octanol–water partition coefficient (Wildman–Crippen LogP) is -1.30. The van der Waals surface area contributed by atoms with E-state index in [1.165, 1.54) is 0 Å². The molecule has 1 aromatic carbocycles. The molecule has 0 saturated carbocycles. The lowest BCUT2D eigenvalue weighted by atomic mass is 9.77. The van der Waals surface area contributed by atoms with Crippen molar-refractivity contribution in [3.8, 4) is 5.75 Å². The van der Waals surface area contributed by atoms with E-state index in [-0.39, 0.29) is 0 Å². The van der Waals surface area contributed by atoms with Crippen LogP contribution in [0.1, 0.15) is 15.9 Å². The van der Waals surface area contributed by atoms with Gasteiger partial charge in [-0.15, -0.1) is 0 Å². The monoisotopic (exact) mass is 236 g/mol. The van der Waals surface area contributed by atoms with Crippen molar-refractivity contribution in [2.24, 2.45) is 5.84 Å². The Morgan fingerprint density at radius 2 is 2.29 bits per heavy atom. The van der Waals surface area contributed by atoms with Crippen molar-refractivity contribution in [3.63, 3.8) is 0 Å². The van der Waals surface area contributed by atoms with E-state index < -0.39 is 13.0 Å². The minimum atomic E-state index is -1.03. The quantitative estimate of drug-likeness (QED) is 0.244. The average molecular weight is 236 g/mol. The van der Waals surface area contributed by atoms with E-state index in [0.29, 0.717) is 35.6 Å². The Kier molecular flexibility index (Phi) is 3.32. The average Bonchev–Trinajstić information content (AvgIpc) is 2.52. The highest BCUT2D eigenvalue weighted by Gasteiger charge is 2.27. The first kappa shape index (κ1) is 11.9. The molecule has 1 aromatic rings. The van der Waals surface area contributed by atoms with Crippen LogP contribution in [-0.4, -0.2) is 31.3 Å². The zero-order chi connectivity index (χ0) is 12.4. The van der Waals surface area contributed by atoms with Crippen molar-refractivity contribution in [2.45, 2.75) is 6.92 Å². The maximum atomic E-state index is 11.5. The maximum Gasteiger partial charge on any atom is 0.495 e. The van der Waals surface area contributed by atoms with Crippen molar-refractivity contribution in [1.29, 1.82) is 0 Å². The summed E-state index contributed by atoms with van der Waals surface area (Å²) in [6.07, 6.45) is 0. The molecule has 0 fully saturated rings. The largest absolute Gasteiger partial charge is 0.495 e. The van der Waals surface area contributed by atoms with Crippen LogP contribution in [0.5, 0.6) is 5.75 Å². The number of nitrogens with two attached hydrogens (primary N) is 1. The lowest BCUT2D eigenvalue weighted by Gasteiger charge is -2.13. The fourth-order valence-electron chi connectivity index (χ4n) is 1.82. The molecule has 0 spiro atoms. The molecule has 1 aliphatic rings. The summed E-state index contributed by atoms with van der Waals surface area (Å²) in [5.74, 6) is 5.18. The lowest BCUT2D eigenvalue weighted by molar-refractivity contribution is 0.0952. The number of rotatable bonds is 1. The number of carbonyl (C=O) groups excluding carboxylic acids is 1. The molecule has 0 radical (unpaired) electrons. The summed E-state index contributed by atoms with van der Waals surface area (Å²) >= 11 is 0. The molecule has 0 unspecified atom stereocenters. The summed E-state index contributed by atoms with van der Waals surface area (Å²) in [6.45, 7) is 2.37. The summed E-state index contributed by atoms with van der Waals surface area (Å²) in [4.78, 5) is 11.5. The molecule has 0 aromatic heterocycles. The molecule has 0 bridgehead atoms. The highest BCUT2D eigenvalue weighted by atomic mass is 16.6. The topological polar surface area (TPSA) is 93.8 Å². The molecular formula is C10H13BN2O4. The normalized spacial score (nSPS) is 14.6. The number of hydrogen-bond acceptors (Lipinski definition) is 5. The smallest absolute Gasteiger partial charge is 0.491 e. The van der Waals surface area contributed by atoms with E-state index >= 15 is 0 Å². The van der Waals surface area contributed by atoms with Gasteiger partial charge in [0.2, 0.25) is 0 Å². The number of hydrogen-bond donors (Lipinski definition) is 3. The van der Waals surface area contributed by atoms with Gasteiger partial charge in [0.15, 0.2) is 0 Å². The Bertz CT molecular complexity index is 452. The second-order valence-electron chi connectivity index (χ2n) is 3.70. The van der Waals surface area contributed by atoms with Crippen molar-refractivity contribution >= 4 is 18.5 Å². The number of hydrazine groups is 1. The number of amides is 1. The van der Waals surface area contributed by atoms with Gasteiger partial charge in [-0.25, -0.2) is 5.84 Å². The Morgan fingerprint density at radius 1 is 1.53 bits per heavy atom. The van der Waals surface area contributed by atoms with E-state index in [4.69, 9.17) is 15.2 Å². The third-order valence-corrected chi connectivity index (χ3v) is 2.68. The molecule has 0 aliphatic carbocycles. The Hall–Kier alpha value is -1.57. The van der Waals surface area contributed by atoms with Gasteiger partial charge in [-0.2, -0.15) is 0 Å². The van der Waals surface area contributed by atoms with Crippen LogP contribution in [0.15, 0.2) is 12.1 Å². The van der Waals surface area contributed by atoms with Crippen LogP contribution in [0.4, 0.5) is 0 Å². The second-order valence-corrected chi connectivity index (χ2v) is 3.70. The number of carbonyl (C=O) groups is 1. The first-order valence-electron chi connectivity index (χ1n) is 5.22. The van der Waals surface area contributed by atoms with Gasteiger partial charge in [0, 0.05) is 16.6 Å². The summed E-state index contributed by atoms with van der Waals surface area (Å²) < 4.78 is 10.6. The molecule has 1 aliphatic heterocycles.